The Morgan fingerprint density at radius 2 is 1.69 bits per heavy atom. The zero-order valence-electron chi connectivity index (χ0n) is 22.0. The van der Waals surface area contributed by atoms with E-state index in [-0.39, 0.29) is 23.5 Å². The first-order chi connectivity index (χ1) is 18.8. The normalized spacial score (nSPS) is 13.7. The summed E-state index contributed by atoms with van der Waals surface area (Å²) < 4.78 is 44.9. The number of fused-ring (bicyclic) bond motifs is 1. The molecule has 0 spiro atoms. The lowest BCUT2D eigenvalue weighted by Gasteiger charge is -2.28. The Kier molecular flexibility index (Phi) is 7.63. The molecule has 5 rings (SSSR count). The summed E-state index contributed by atoms with van der Waals surface area (Å²) >= 11 is 0. The lowest BCUT2D eigenvalue weighted by molar-refractivity contribution is 0.0980. The van der Waals surface area contributed by atoms with E-state index in [4.69, 9.17) is 0 Å². The van der Waals surface area contributed by atoms with Gasteiger partial charge in [-0.15, -0.1) is 0 Å². The number of aryl methyl sites for hydroxylation is 2. The van der Waals surface area contributed by atoms with E-state index in [0.29, 0.717) is 24.3 Å². The molecule has 4 aromatic rings. The number of benzene rings is 3. The van der Waals surface area contributed by atoms with E-state index in [1.807, 2.05) is 37.4 Å². The molecule has 202 valence electrons. The van der Waals surface area contributed by atoms with Crippen LogP contribution in [-0.4, -0.2) is 35.0 Å². The third-order valence-electron chi connectivity index (χ3n) is 7.12. The van der Waals surface area contributed by atoms with Gasteiger partial charge < -0.3 is 4.90 Å². The molecule has 7 nitrogen and oxygen atoms in total. The highest BCUT2D eigenvalue weighted by Crippen LogP contribution is 2.29. The molecular weight excluding hydrogens is 515 g/mol. The van der Waals surface area contributed by atoms with Crippen molar-refractivity contribution in [2.24, 2.45) is 7.05 Å². The minimum atomic E-state index is -3.72. The van der Waals surface area contributed by atoms with Crippen molar-refractivity contribution in [2.45, 2.75) is 44.2 Å². The highest BCUT2D eigenvalue weighted by atomic mass is 32.2. The second-order valence-corrected chi connectivity index (χ2v) is 11.6. The van der Waals surface area contributed by atoms with Crippen LogP contribution in [0.4, 0.5) is 10.1 Å². The maximum atomic E-state index is 14.6. The minimum Gasteiger partial charge on any atom is -0.302 e. The molecule has 0 unspecified atom stereocenters. The van der Waals surface area contributed by atoms with Gasteiger partial charge in [-0.2, -0.15) is 9.40 Å². The van der Waals surface area contributed by atoms with Crippen molar-refractivity contribution in [1.29, 1.82) is 0 Å². The molecule has 1 aliphatic heterocycles. The van der Waals surface area contributed by atoms with Crippen molar-refractivity contribution in [3.63, 3.8) is 0 Å². The van der Waals surface area contributed by atoms with Gasteiger partial charge in [0.15, 0.2) is 0 Å². The number of carbonyl (C=O) groups excluding carboxylic acids is 1. The number of amides is 1. The molecule has 1 amide bonds. The van der Waals surface area contributed by atoms with Crippen LogP contribution >= 0.6 is 0 Å². The van der Waals surface area contributed by atoms with Gasteiger partial charge in [-0.25, -0.2) is 12.8 Å². The van der Waals surface area contributed by atoms with Crippen molar-refractivity contribution in [2.75, 3.05) is 11.4 Å². The topological polar surface area (TPSA) is 75.5 Å². The van der Waals surface area contributed by atoms with E-state index in [1.54, 1.807) is 41.1 Å². The summed E-state index contributed by atoms with van der Waals surface area (Å²) in [5, 5.41) is 4.68. The lowest BCUT2D eigenvalue weighted by atomic mass is 10.1. The fourth-order valence-electron chi connectivity index (χ4n) is 5.06. The van der Waals surface area contributed by atoms with Gasteiger partial charge >= 0.3 is 0 Å². The highest BCUT2D eigenvalue weighted by molar-refractivity contribution is 7.89. The standard InChI is InChI=1S/C30H31FN4O3S/c1-3-9-22-14-16-24(17-15-22)39(37,38)34-19-18-29-26(20-34)28(32-33(29)2)21-35(23-10-5-4-6-11-23)30(36)25-12-7-8-13-27(25)31/h4-8,10-17H,3,9,18-21H2,1-2H3. The van der Waals surface area contributed by atoms with E-state index in [0.717, 1.165) is 29.7 Å². The Bertz CT molecular complexity index is 1580. The molecular formula is C30H31FN4O3S. The summed E-state index contributed by atoms with van der Waals surface area (Å²) in [6, 6.07) is 22.0. The smallest absolute Gasteiger partial charge is 0.261 e. The number of carbonyl (C=O) groups is 1. The third kappa shape index (κ3) is 5.37. The maximum absolute atomic E-state index is 14.6. The van der Waals surface area contributed by atoms with Crippen molar-refractivity contribution in [3.8, 4) is 0 Å². The van der Waals surface area contributed by atoms with Gasteiger partial charge in [0.25, 0.3) is 5.91 Å². The molecule has 0 bridgehead atoms. The summed E-state index contributed by atoms with van der Waals surface area (Å²) in [6.45, 7) is 2.64. The zero-order valence-corrected chi connectivity index (χ0v) is 22.9. The number of nitrogens with zero attached hydrogens (tertiary/aromatic N) is 4. The van der Waals surface area contributed by atoms with Crippen LogP contribution in [0.3, 0.4) is 0 Å². The van der Waals surface area contributed by atoms with Crippen LogP contribution < -0.4 is 4.90 Å². The summed E-state index contributed by atoms with van der Waals surface area (Å²) in [5.41, 5.74) is 3.95. The average molecular weight is 547 g/mol. The first-order valence-corrected chi connectivity index (χ1v) is 14.5. The fraction of sp³-hybridized carbons (Fsp3) is 0.267. The van der Waals surface area contributed by atoms with E-state index in [1.165, 1.54) is 21.3 Å². The molecule has 2 heterocycles. The molecule has 1 aromatic heterocycles. The van der Waals surface area contributed by atoms with Gasteiger partial charge in [-0.1, -0.05) is 55.8 Å². The molecule has 0 N–H and O–H groups in total. The number of aromatic nitrogens is 2. The van der Waals surface area contributed by atoms with Crippen molar-refractivity contribution in [1.82, 2.24) is 14.1 Å². The lowest BCUT2D eigenvalue weighted by Crippen LogP contribution is -2.37. The molecule has 39 heavy (non-hydrogen) atoms. The maximum Gasteiger partial charge on any atom is 0.261 e. The van der Waals surface area contributed by atoms with Crippen molar-refractivity contribution in [3.05, 3.63) is 113 Å². The Labute approximate surface area is 228 Å². The molecule has 0 saturated heterocycles. The number of halogens is 1. The van der Waals surface area contributed by atoms with E-state index < -0.39 is 21.7 Å². The Morgan fingerprint density at radius 3 is 2.38 bits per heavy atom. The molecule has 0 aliphatic carbocycles. The van der Waals surface area contributed by atoms with Gasteiger partial charge in [-0.3, -0.25) is 9.48 Å². The first-order valence-electron chi connectivity index (χ1n) is 13.0. The van der Waals surface area contributed by atoms with Gasteiger partial charge in [0, 0.05) is 43.5 Å². The van der Waals surface area contributed by atoms with Crippen molar-refractivity contribution < 1.29 is 17.6 Å². The monoisotopic (exact) mass is 546 g/mol. The molecule has 0 fully saturated rings. The van der Waals surface area contributed by atoms with E-state index in [9.17, 15) is 17.6 Å². The van der Waals surface area contributed by atoms with E-state index >= 15 is 0 Å². The van der Waals surface area contributed by atoms with Crippen LogP contribution in [0.2, 0.25) is 0 Å². The van der Waals surface area contributed by atoms with Gasteiger partial charge in [-0.05, 0) is 48.4 Å². The number of hydrogen-bond acceptors (Lipinski definition) is 4. The number of hydrogen-bond donors (Lipinski definition) is 0. The first kappa shape index (κ1) is 26.8. The van der Waals surface area contributed by atoms with Crippen LogP contribution in [0.1, 0.15) is 46.2 Å². The van der Waals surface area contributed by atoms with Crippen LogP contribution in [0.15, 0.2) is 83.8 Å². The fourth-order valence-corrected chi connectivity index (χ4v) is 6.47. The second-order valence-electron chi connectivity index (χ2n) is 9.68. The largest absolute Gasteiger partial charge is 0.302 e. The van der Waals surface area contributed by atoms with E-state index in [2.05, 4.69) is 12.0 Å². The highest BCUT2D eigenvalue weighted by Gasteiger charge is 2.33. The quantitative estimate of drug-likeness (QED) is 0.308. The SMILES string of the molecule is CCCc1ccc(S(=O)(=O)N2CCc3c(c(CN(C(=O)c4ccccc4F)c4ccccc4)nn3C)C2)cc1. The number of sulfonamides is 1. The predicted octanol–water partition coefficient (Wildman–Crippen LogP) is 5.11. The van der Waals surface area contributed by atoms with Gasteiger partial charge in [0.2, 0.25) is 10.0 Å². The van der Waals surface area contributed by atoms with Gasteiger partial charge in [0.1, 0.15) is 5.82 Å². The molecule has 3 aromatic carbocycles. The Morgan fingerprint density at radius 1 is 1.00 bits per heavy atom. The van der Waals surface area contributed by atoms with Crippen LogP contribution in [0.5, 0.6) is 0 Å². The Hall–Kier alpha value is -3.82. The molecule has 0 saturated carbocycles. The third-order valence-corrected chi connectivity index (χ3v) is 8.97. The average Bonchev–Trinajstić information content (AvgIpc) is 3.27. The van der Waals surface area contributed by atoms with Crippen LogP contribution in [0.25, 0.3) is 0 Å². The van der Waals surface area contributed by atoms with Crippen LogP contribution in [-0.2, 0) is 43.0 Å². The van der Waals surface area contributed by atoms with Gasteiger partial charge in [0.05, 0.1) is 22.7 Å². The molecule has 9 heteroatoms. The van der Waals surface area contributed by atoms with Crippen LogP contribution in [0, 0.1) is 5.82 Å². The number of rotatable bonds is 8. The summed E-state index contributed by atoms with van der Waals surface area (Å²) in [5.74, 6) is -1.10. The van der Waals surface area contributed by atoms with Crippen molar-refractivity contribution >= 4 is 21.6 Å². The minimum absolute atomic E-state index is 0.0399. The number of para-hydroxylation sites is 1. The second kappa shape index (κ2) is 11.1. The Balaban J connectivity index is 1.47. The molecule has 1 aliphatic rings. The zero-order chi connectivity index (χ0) is 27.6. The summed E-state index contributed by atoms with van der Waals surface area (Å²) in [4.78, 5) is 15.3. The summed E-state index contributed by atoms with van der Waals surface area (Å²) in [7, 11) is -1.90. The predicted molar refractivity (Wildman–Crippen MR) is 148 cm³/mol. The number of anilines is 1. The summed E-state index contributed by atoms with van der Waals surface area (Å²) in [6.07, 6.45) is 2.39. The molecule has 0 radical (unpaired) electrons. The molecule has 0 atom stereocenters.